The molecule has 1 aromatic rings. The molecule has 0 bridgehead atoms. The molecule has 2 saturated heterocycles. The second kappa shape index (κ2) is 6.22. The summed E-state index contributed by atoms with van der Waals surface area (Å²) in [6, 6.07) is 9.36. The Balaban J connectivity index is 1.75. The third-order valence-corrected chi connectivity index (χ3v) is 4.69. The Kier molecular flexibility index (Phi) is 4.36. The van der Waals surface area contributed by atoms with Crippen molar-refractivity contribution in [3.05, 3.63) is 35.4 Å². The number of hydrogen-bond donors (Lipinski definition) is 2. The summed E-state index contributed by atoms with van der Waals surface area (Å²) in [5.74, 6) is 5.82. The second-order valence-corrected chi connectivity index (χ2v) is 5.91. The molecule has 3 rings (SSSR count). The third-order valence-electron chi connectivity index (χ3n) is 4.69. The van der Waals surface area contributed by atoms with Crippen molar-refractivity contribution in [2.24, 2.45) is 5.84 Å². The van der Waals surface area contributed by atoms with Gasteiger partial charge in [0.05, 0.1) is 18.8 Å². The Morgan fingerprint density at radius 3 is 3.20 bits per heavy atom. The molecule has 2 aliphatic rings. The molecule has 0 spiro atoms. The number of ether oxygens (including phenoxy) is 1. The van der Waals surface area contributed by atoms with E-state index >= 15 is 0 Å². The van der Waals surface area contributed by atoms with Crippen molar-refractivity contribution in [1.29, 1.82) is 0 Å². The molecule has 110 valence electrons. The molecule has 3 unspecified atom stereocenters. The van der Waals surface area contributed by atoms with Crippen LogP contribution in [-0.4, -0.2) is 36.7 Å². The first kappa shape index (κ1) is 14.0. The number of aryl methyl sites for hydroxylation is 1. The molecule has 3 N–H and O–H groups in total. The molecule has 2 aliphatic heterocycles. The van der Waals surface area contributed by atoms with Crippen molar-refractivity contribution >= 4 is 0 Å². The van der Waals surface area contributed by atoms with Crippen LogP contribution >= 0.6 is 0 Å². The van der Waals surface area contributed by atoms with Gasteiger partial charge in [0.2, 0.25) is 0 Å². The summed E-state index contributed by atoms with van der Waals surface area (Å²) in [4.78, 5) is 2.56. The van der Waals surface area contributed by atoms with Gasteiger partial charge in [-0.25, -0.2) is 0 Å². The first-order chi connectivity index (χ1) is 9.81. The quantitative estimate of drug-likeness (QED) is 0.647. The fourth-order valence-electron chi connectivity index (χ4n) is 3.47. The molecule has 1 aromatic carbocycles. The Labute approximate surface area is 121 Å². The molecule has 2 fully saturated rings. The zero-order valence-electron chi connectivity index (χ0n) is 12.2. The minimum Gasteiger partial charge on any atom is -0.373 e. The van der Waals surface area contributed by atoms with Crippen LogP contribution in [0.2, 0.25) is 0 Å². The maximum Gasteiger partial charge on any atom is 0.0910 e. The van der Waals surface area contributed by atoms with E-state index in [0.29, 0.717) is 6.04 Å². The minimum absolute atomic E-state index is 0.0723. The van der Waals surface area contributed by atoms with Crippen LogP contribution in [0.25, 0.3) is 0 Å². The van der Waals surface area contributed by atoms with Crippen LogP contribution in [0, 0.1) is 0 Å². The van der Waals surface area contributed by atoms with E-state index in [1.165, 1.54) is 30.5 Å². The van der Waals surface area contributed by atoms with Crippen molar-refractivity contribution in [3.63, 3.8) is 0 Å². The normalized spacial score (nSPS) is 28.3. The maximum atomic E-state index is 6.09. The van der Waals surface area contributed by atoms with Gasteiger partial charge in [0, 0.05) is 12.6 Å². The number of nitrogens with one attached hydrogen (secondary N) is 1. The first-order valence-corrected chi connectivity index (χ1v) is 7.72. The monoisotopic (exact) mass is 275 g/mol. The number of nitrogens with two attached hydrogens (primary N) is 1. The molecule has 0 aliphatic carbocycles. The summed E-state index contributed by atoms with van der Waals surface area (Å²) in [6.07, 6.45) is 3.76. The van der Waals surface area contributed by atoms with E-state index in [2.05, 4.69) is 41.5 Å². The van der Waals surface area contributed by atoms with Gasteiger partial charge in [0.1, 0.15) is 0 Å². The standard InChI is InChI=1S/C16H25N3O/c1-2-12-5-3-6-13(9-12)16(18-17)15-10-19-8-4-7-14(19)11-20-15/h3,5-6,9,14-16,18H,2,4,7-8,10-11,17H2,1H3. The van der Waals surface area contributed by atoms with Crippen molar-refractivity contribution < 1.29 is 4.74 Å². The highest BCUT2D eigenvalue weighted by Gasteiger charge is 2.36. The van der Waals surface area contributed by atoms with Gasteiger partial charge >= 0.3 is 0 Å². The van der Waals surface area contributed by atoms with Crippen LogP contribution in [0.1, 0.15) is 36.9 Å². The zero-order valence-corrected chi connectivity index (χ0v) is 12.2. The van der Waals surface area contributed by atoms with Crippen LogP contribution in [0.5, 0.6) is 0 Å². The Morgan fingerprint density at radius 2 is 2.40 bits per heavy atom. The van der Waals surface area contributed by atoms with E-state index in [1.807, 2.05) is 0 Å². The highest BCUT2D eigenvalue weighted by molar-refractivity contribution is 5.27. The average Bonchev–Trinajstić information content (AvgIpc) is 2.96. The summed E-state index contributed by atoms with van der Waals surface area (Å²) in [5, 5.41) is 0. The van der Waals surface area contributed by atoms with Crippen molar-refractivity contribution in [2.45, 2.75) is 44.4 Å². The summed E-state index contributed by atoms with van der Waals surface area (Å²) in [7, 11) is 0. The fourth-order valence-corrected chi connectivity index (χ4v) is 3.47. The van der Waals surface area contributed by atoms with E-state index in [9.17, 15) is 0 Å². The third kappa shape index (κ3) is 2.74. The molecule has 0 aromatic heterocycles. The molecule has 2 heterocycles. The van der Waals surface area contributed by atoms with Crippen molar-refractivity contribution in [1.82, 2.24) is 10.3 Å². The molecule has 0 amide bonds. The van der Waals surface area contributed by atoms with E-state index in [0.717, 1.165) is 19.6 Å². The number of rotatable bonds is 4. The lowest BCUT2D eigenvalue weighted by atomic mass is 9.97. The Bertz CT molecular complexity index is 451. The van der Waals surface area contributed by atoms with E-state index in [1.54, 1.807) is 0 Å². The number of hydrazine groups is 1. The van der Waals surface area contributed by atoms with Gasteiger partial charge < -0.3 is 4.74 Å². The molecule has 0 saturated carbocycles. The van der Waals surface area contributed by atoms with E-state index < -0.39 is 0 Å². The van der Waals surface area contributed by atoms with E-state index in [4.69, 9.17) is 10.6 Å². The highest BCUT2D eigenvalue weighted by atomic mass is 16.5. The van der Waals surface area contributed by atoms with Crippen molar-refractivity contribution in [2.75, 3.05) is 19.7 Å². The Morgan fingerprint density at radius 1 is 1.50 bits per heavy atom. The number of fused-ring (bicyclic) bond motifs is 1. The van der Waals surface area contributed by atoms with E-state index in [-0.39, 0.29) is 12.1 Å². The summed E-state index contributed by atoms with van der Waals surface area (Å²) < 4.78 is 6.09. The highest BCUT2D eigenvalue weighted by Crippen LogP contribution is 2.28. The van der Waals surface area contributed by atoms with Crippen LogP contribution in [-0.2, 0) is 11.2 Å². The first-order valence-electron chi connectivity index (χ1n) is 7.72. The summed E-state index contributed by atoms with van der Waals surface area (Å²) in [6.45, 7) is 5.21. The fraction of sp³-hybridized carbons (Fsp3) is 0.625. The number of benzene rings is 1. The molecule has 20 heavy (non-hydrogen) atoms. The molecular formula is C16H25N3O. The zero-order chi connectivity index (χ0) is 13.9. The summed E-state index contributed by atoms with van der Waals surface area (Å²) in [5.41, 5.74) is 5.54. The molecule has 3 atom stereocenters. The predicted octanol–water partition coefficient (Wildman–Crippen LogP) is 1.62. The minimum atomic E-state index is 0.0723. The van der Waals surface area contributed by atoms with Gasteiger partial charge in [-0.3, -0.25) is 16.2 Å². The summed E-state index contributed by atoms with van der Waals surface area (Å²) >= 11 is 0. The average molecular weight is 275 g/mol. The largest absolute Gasteiger partial charge is 0.373 e. The smallest absolute Gasteiger partial charge is 0.0910 e. The maximum absolute atomic E-state index is 6.09. The van der Waals surface area contributed by atoms with Gasteiger partial charge in [0.25, 0.3) is 0 Å². The van der Waals surface area contributed by atoms with Gasteiger partial charge in [-0.1, -0.05) is 31.2 Å². The molecule has 4 nitrogen and oxygen atoms in total. The van der Waals surface area contributed by atoms with Gasteiger partial charge in [-0.05, 0) is 36.9 Å². The topological polar surface area (TPSA) is 50.5 Å². The molecule has 0 radical (unpaired) electrons. The van der Waals surface area contributed by atoms with Crippen LogP contribution in [0.3, 0.4) is 0 Å². The lowest BCUT2D eigenvalue weighted by Gasteiger charge is -2.38. The predicted molar refractivity (Wildman–Crippen MR) is 80.2 cm³/mol. The van der Waals surface area contributed by atoms with Crippen LogP contribution in [0.4, 0.5) is 0 Å². The van der Waals surface area contributed by atoms with Gasteiger partial charge in [0.15, 0.2) is 0 Å². The van der Waals surface area contributed by atoms with Crippen LogP contribution in [0.15, 0.2) is 24.3 Å². The van der Waals surface area contributed by atoms with Crippen molar-refractivity contribution in [3.8, 4) is 0 Å². The molecular weight excluding hydrogens is 250 g/mol. The lowest BCUT2D eigenvalue weighted by molar-refractivity contribution is -0.0653. The SMILES string of the molecule is CCc1cccc(C(NN)C2CN3CCCC3CO2)c1. The Hall–Kier alpha value is -0.940. The van der Waals surface area contributed by atoms with Crippen LogP contribution < -0.4 is 11.3 Å². The number of nitrogens with zero attached hydrogens (tertiary/aromatic N) is 1. The second-order valence-electron chi connectivity index (χ2n) is 5.91. The van der Waals surface area contributed by atoms with Gasteiger partial charge in [-0.15, -0.1) is 0 Å². The molecule has 4 heteroatoms. The number of hydrogen-bond acceptors (Lipinski definition) is 4. The van der Waals surface area contributed by atoms with Gasteiger partial charge in [-0.2, -0.15) is 0 Å². The number of morpholine rings is 1. The lowest BCUT2D eigenvalue weighted by Crippen LogP contribution is -2.51.